The molecule has 0 aliphatic carbocycles. The molecular weight excluding hydrogens is 234 g/mol. The van der Waals surface area contributed by atoms with E-state index in [2.05, 4.69) is 24.4 Å². The summed E-state index contributed by atoms with van der Waals surface area (Å²) < 4.78 is 0. The highest BCUT2D eigenvalue weighted by atomic mass is 16.4. The number of aliphatic carboxylic acids is 1. The van der Waals surface area contributed by atoms with E-state index in [1.807, 2.05) is 6.92 Å². The van der Waals surface area contributed by atoms with E-state index in [9.17, 15) is 9.59 Å². The smallest absolute Gasteiger partial charge is 0.332 e. The molecule has 0 aliphatic heterocycles. The van der Waals surface area contributed by atoms with Crippen molar-refractivity contribution in [1.82, 2.24) is 5.43 Å². The number of urea groups is 1. The minimum Gasteiger partial charge on any atom is -0.481 e. The van der Waals surface area contributed by atoms with E-state index in [4.69, 9.17) is 10.8 Å². The molecule has 4 N–H and O–H groups in total. The molecule has 0 aromatic carbocycles. The predicted molar refractivity (Wildman–Crippen MR) is 70.3 cm³/mol. The maximum Gasteiger partial charge on any atom is 0.332 e. The van der Waals surface area contributed by atoms with E-state index in [0.717, 1.165) is 12.1 Å². The Hall–Kier alpha value is -1.59. The number of amides is 2. The van der Waals surface area contributed by atoms with E-state index in [1.54, 1.807) is 0 Å². The zero-order valence-corrected chi connectivity index (χ0v) is 11.3. The first-order valence-electron chi connectivity index (χ1n) is 6.14. The fourth-order valence-electron chi connectivity index (χ4n) is 1.65. The summed E-state index contributed by atoms with van der Waals surface area (Å²) in [5.74, 6) is -0.155. The number of carboxylic acids is 1. The molecule has 0 fully saturated rings. The summed E-state index contributed by atoms with van der Waals surface area (Å²) in [6.45, 7) is 6.09. The Bertz CT molecular complexity index is 314. The molecule has 0 aliphatic rings. The molecule has 1 atom stereocenters. The lowest BCUT2D eigenvalue weighted by atomic mass is 9.94. The second-order valence-corrected chi connectivity index (χ2v) is 4.99. The second-order valence-electron chi connectivity index (χ2n) is 4.99. The Morgan fingerprint density at radius 2 is 1.89 bits per heavy atom. The average Bonchev–Trinajstić information content (AvgIpc) is 2.22. The molecule has 0 heterocycles. The number of carbonyl (C=O) groups excluding carboxylic acids is 1. The quantitative estimate of drug-likeness (QED) is 0.457. The van der Waals surface area contributed by atoms with Crippen molar-refractivity contribution in [2.24, 2.45) is 22.7 Å². The van der Waals surface area contributed by atoms with Crippen molar-refractivity contribution >= 4 is 17.7 Å². The zero-order valence-electron chi connectivity index (χ0n) is 11.3. The van der Waals surface area contributed by atoms with Gasteiger partial charge in [0, 0.05) is 12.1 Å². The van der Waals surface area contributed by atoms with Gasteiger partial charge in [0.05, 0.1) is 0 Å². The fourth-order valence-corrected chi connectivity index (χ4v) is 1.65. The maximum absolute atomic E-state index is 10.6. The van der Waals surface area contributed by atoms with Crippen molar-refractivity contribution in [3.05, 3.63) is 0 Å². The largest absolute Gasteiger partial charge is 0.481 e. The Morgan fingerprint density at radius 3 is 2.33 bits per heavy atom. The van der Waals surface area contributed by atoms with Crippen LogP contribution in [0.2, 0.25) is 0 Å². The summed E-state index contributed by atoms with van der Waals surface area (Å²) in [5, 5.41) is 12.6. The van der Waals surface area contributed by atoms with Gasteiger partial charge >= 0.3 is 12.0 Å². The van der Waals surface area contributed by atoms with Crippen LogP contribution in [0.3, 0.4) is 0 Å². The van der Waals surface area contributed by atoms with Gasteiger partial charge in [0.2, 0.25) is 0 Å². The molecular formula is C12H23N3O3. The minimum atomic E-state index is -0.792. The van der Waals surface area contributed by atoms with Crippen molar-refractivity contribution in [2.75, 3.05) is 0 Å². The van der Waals surface area contributed by atoms with E-state index in [0.29, 0.717) is 18.8 Å². The van der Waals surface area contributed by atoms with E-state index in [-0.39, 0.29) is 12.3 Å². The molecule has 2 amide bonds. The van der Waals surface area contributed by atoms with Crippen molar-refractivity contribution in [3.63, 3.8) is 0 Å². The lowest BCUT2D eigenvalue weighted by molar-refractivity contribution is -0.137. The van der Waals surface area contributed by atoms with Crippen LogP contribution in [0.4, 0.5) is 4.79 Å². The molecule has 1 unspecified atom stereocenters. The Morgan fingerprint density at radius 1 is 1.28 bits per heavy atom. The monoisotopic (exact) mass is 257 g/mol. The first-order valence-corrected chi connectivity index (χ1v) is 6.14. The zero-order chi connectivity index (χ0) is 14.1. The molecule has 0 aromatic heterocycles. The molecule has 0 saturated carbocycles. The molecule has 0 radical (unpaired) electrons. The highest BCUT2D eigenvalue weighted by Crippen LogP contribution is 2.15. The fraction of sp³-hybridized carbons (Fsp3) is 0.750. The molecule has 6 nitrogen and oxygen atoms in total. The van der Waals surface area contributed by atoms with Crippen molar-refractivity contribution in [1.29, 1.82) is 0 Å². The van der Waals surface area contributed by atoms with Gasteiger partial charge in [0.15, 0.2) is 0 Å². The van der Waals surface area contributed by atoms with Gasteiger partial charge in [-0.3, -0.25) is 4.79 Å². The van der Waals surface area contributed by atoms with Crippen LogP contribution in [0, 0.1) is 11.8 Å². The summed E-state index contributed by atoms with van der Waals surface area (Å²) in [7, 11) is 0. The number of carbonyl (C=O) groups is 2. The number of nitrogens with zero attached hydrogens (tertiary/aromatic N) is 1. The van der Waals surface area contributed by atoms with E-state index in [1.165, 1.54) is 0 Å². The number of hydrazone groups is 1. The number of rotatable bonds is 8. The normalized spacial score (nSPS) is 13.4. The van der Waals surface area contributed by atoms with Gasteiger partial charge in [0.25, 0.3) is 0 Å². The molecule has 0 rings (SSSR count). The Labute approximate surface area is 108 Å². The first-order chi connectivity index (χ1) is 8.31. The lowest BCUT2D eigenvalue weighted by Gasteiger charge is -2.14. The van der Waals surface area contributed by atoms with Crippen LogP contribution in [-0.2, 0) is 4.79 Å². The van der Waals surface area contributed by atoms with E-state index >= 15 is 0 Å². The van der Waals surface area contributed by atoms with Gasteiger partial charge < -0.3 is 10.8 Å². The number of nitrogens with one attached hydrogen (secondary N) is 1. The van der Waals surface area contributed by atoms with Crippen LogP contribution in [0.1, 0.15) is 46.5 Å². The van der Waals surface area contributed by atoms with Crippen LogP contribution < -0.4 is 11.2 Å². The molecule has 0 saturated heterocycles. The van der Waals surface area contributed by atoms with Crippen LogP contribution in [0.15, 0.2) is 5.10 Å². The summed E-state index contributed by atoms with van der Waals surface area (Å²) >= 11 is 0. The number of carboxylic acid groups (broad SMARTS) is 1. The van der Waals surface area contributed by atoms with Crippen molar-refractivity contribution in [2.45, 2.75) is 46.5 Å². The second kappa shape index (κ2) is 8.49. The summed E-state index contributed by atoms with van der Waals surface area (Å²) in [5.41, 5.74) is 8.05. The van der Waals surface area contributed by atoms with Crippen LogP contribution >= 0.6 is 0 Å². The van der Waals surface area contributed by atoms with Gasteiger partial charge in [-0.05, 0) is 31.1 Å². The van der Waals surface area contributed by atoms with Crippen LogP contribution in [-0.4, -0.2) is 22.8 Å². The Balaban J connectivity index is 4.34. The third-order valence-corrected chi connectivity index (χ3v) is 2.40. The highest BCUT2D eigenvalue weighted by molar-refractivity contribution is 5.86. The molecule has 6 heteroatoms. The third-order valence-electron chi connectivity index (χ3n) is 2.40. The van der Waals surface area contributed by atoms with Gasteiger partial charge in [-0.15, -0.1) is 0 Å². The predicted octanol–water partition coefficient (Wildman–Crippen LogP) is 1.95. The number of hydrogen-bond acceptors (Lipinski definition) is 3. The van der Waals surface area contributed by atoms with Crippen LogP contribution in [0.25, 0.3) is 0 Å². The summed E-state index contributed by atoms with van der Waals surface area (Å²) in [6.07, 6.45) is 2.19. The number of nitrogens with two attached hydrogens (primary N) is 1. The molecule has 0 bridgehead atoms. The number of hydrogen-bond donors (Lipinski definition) is 3. The summed E-state index contributed by atoms with van der Waals surface area (Å²) in [4.78, 5) is 21.1. The first kappa shape index (κ1) is 16.4. The number of primary amides is 1. The topological polar surface area (TPSA) is 105 Å². The minimum absolute atomic E-state index is 0.152. The molecule has 0 spiro atoms. The standard InChI is InChI=1S/C12H23N3O3/c1-8(2)6-10(14-15-12(13)18)7-9(3)4-5-11(16)17/h8-9H,4-7H2,1-3H3,(H,16,17)(H3,13,15,18). The molecule has 18 heavy (non-hydrogen) atoms. The van der Waals surface area contributed by atoms with Gasteiger partial charge in [-0.1, -0.05) is 20.8 Å². The van der Waals surface area contributed by atoms with Gasteiger partial charge in [-0.2, -0.15) is 5.10 Å². The average molecular weight is 257 g/mol. The van der Waals surface area contributed by atoms with Crippen LogP contribution in [0.5, 0.6) is 0 Å². The summed E-state index contributed by atoms with van der Waals surface area (Å²) in [6, 6.07) is -0.686. The molecule has 104 valence electrons. The molecule has 0 aromatic rings. The van der Waals surface area contributed by atoms with E-state index < -0.39 is 12.0 Å². The third kappa shape index (κ3) is 9.62. The van der Waals surface area contributed by atoms with Crippen molar-refractivity contribution < 1.29 is 14.7 Å². The van der Waals surface area contributed by atoms with Gasteiger partial charge in [0.1, 0.15) is 0 Å². The highest BCUT2D eigenvalue weighted by Gasteiger charge is 2.11. The van der Waals surface area contributed by atoms with Gasteiger partial charge in [-0.25, -0.2) is 10.2 Å². The SMILES string of the molecule is CC(C)CC(CC(C)CCC(=O)O)=NNC(N)=O. The Kier molecular flexibility index (Phi) is 7.74. The van der Waals surface area contributed by atoms with Crippen molar-refractivity contribution in [3.8, 4) is 0 Å². The maximum atomic E-state index is 10.6. The lowest BCUT2D eigenvalue weighted by Crippen LogP contribution is -2.26.